The summed E-state index contributed by atoms with van der Waals surface area (Å²) in [4.78, 5) is 24.5. The van der Waals surface area contributed by atoms with E-state index >= 15 is 0 Å². The number of ether oxygens (including phenoxy) is 3. The van der Waals surface area contributed by atoms with Crippen LogP contribution >= 0.6 is 0 Å². The first-order chi connectivity index (χ1) is 21.9. The van der Waals surface area contributed by atoms with Gasteiger partial charge in [-0.1, -0.05) is 0 Å². The third-order valence-electron chi connectivity index (χ3n) is 7.25. The number of carbonyl (C=O) groups is 2. The minimum atomic E-state index is -1.41. The first-order valence-corrected chi connectivity index (χ1v) is 16.7. The summed E-state index contributed by atoms with van der Waals surface area (Å²) in [6.07, 6.45) is 2.22. The molecule has 0 aromatic rings. The largest absolute Gasteiger partial charge is 0.447 e. The molecule has 1 aliphatic rings. The fraction of sp³-hybridized carbons (Fsp3) is 0.931. The van der Waals surface area contributed by atoms with E-state index < -0.39 is 42.8 Å². The zero-order valence-electron chi connectivity index (χ0n) is 27.3. The number of hydrogen-bond acceptors (Lipinski definition) is 13. The van der Waals surface area contributed by atoms with Crippen molar-refractivity contribution in [3.63, 3.8) is 0 Å². The Bertz CT molecular complexity index is 726. The molecule has 0 radical (unpaired) electrons. The van der Waals surface area contributed by atoms with E-state index in [0.29, 0.717) is 26.2 Å². The lowest BCUT2D eigenvalue weighted by molar-refractivity contribution is -0.261. The van der Waals surface area contributed by atoms with Crippen molar-refractivity contribution in [1.82, 2.24) is 37.2 Å². The van der Waals surface area contributed by atoms with E-state index in [2.05, 4.69) is 37.2 Å². The van der Waals surface area contributed by atoms with Crippen molar-refractivity contribution in [3.8, 4) is 0 Å². The Kier molecular flexibility index (Phi) is 26.0. The summed E-state index contributed by atoms with van der Waals surface area (Å²) in [6.45, 7) is 9.19. The van der Waals surface area contributed by atoms with E-state index in [1.165, 1.54) is 7.11 Å². The van der Waals surface area contributed by atoms with Gasteiger partial charge in [-0.15, -0.1) is 0 Å². The van der Waals surface area contributed by atoms with Crippen LogP contribution in [0, 0.1) is 0 Å². The van der Waals surface area contributed by atoms with Gasteiger partial charge in [0.05, 0.1) is 0 Å². The summed E-state index contributed by atoms with van der Waals surface area (Å²) in [5.74, 6) is 0. The van der Waals surface area contributed by atoms with Crippen LogP contribution in [0.25, 0.3) is 0 Å². The summed E-state index contributed by atoms with van der Waals surface area (Å²) in [7, 11) is 1.36. The molecule has 16 nitrogen and oxygen atoms in total. The van der Waals surface area contributed by atoms with Gasteiger partial charge in [0, 0.05) is 20.2 Å². The van der Waals surface area contributed by atoms with Crippen LogP contribution in [0.3, 0.4) is 0 Å². The van der Waals surface area contributed by atoms with E-state index in [9.17, 15) is 19.8 Å². The number of alkyl carbamates (subject to hydrolysis) is 1. The maximum atomic E-state index is 12.4. The van der Waals surface area contributed by atoms with Crippen molar-refractivity contribution >= 4 is 12.1 Å². The molecule has 1 rings (SSSR count). The maximum Gasteiger partial charge on any atom is 0.407 e. The molecule has 1 fully saturated rings. The molecule has 1 aliphatic heterocycles. The molecule has 0 unspecified atom stereocenters. The van der Waals surface area contributed by atoms with Gasteiger partial charge in [0.15, 0.2) is 6.29 Å². The van der Waals surface area contributed by atoms with Gasteiger partial charge in [-0.3, -0.25) is 0 Å². The summed E-state index contributed by atoms with van der Waals surface area (Å²) in [5, 5.41) is 42.6. The molecule has 0 spiro atoms. The highest BCUT2D eigenvalue weighted by molar-refractivity contribution is 5.74. The summed E-state index contributed by atoms with van der Waals surface area (Å²) >= 11 is 0. The van der Waals surface area contributed by atoms with Crippen molar-refractivity contribution in [2.45, 2.75) is 82.0 Å². The van der Waals surface area contributed by atoms with Gasteiger partial charge in [-0.2, -0.15) is 0 Å². The molecule has 45 heavy (non-hydrogen) atoms. The Balaban J connectivity index is 2.15. The van der Waals surface area contributed by atoms with Crippen LogP contribution in [0.5, 0.6) is 0 Å². The van der Waals surface area contributed by atoms with Crippen LogP contribution < -0.4 is 48.7 Å². The lowest BCUT2D eigenvalue weighted by Gasteiger charge is -2.41. The smallest absolute Gasteiger partial charge is 0.407 e. The zero-order chi connectivity index (χ0) is 33.0. The molecule has 16 heteroatoms. The molecule has 1 saturated heterocycles. The number of urea groups is 1. The van der Waals surface area contributed by atoms with E-state index in [4.69, 9.17) is 25.7 Å². The number of unbranched alkanes of at least 4 members (excludes halogenated alkanes) is 2. The zero-order valence-corrected chi connectivity index (χ0v) is 27.3. The Morgan fingerprint density at radius 2 is 1.13 bits per heavy atom. The number of aliphatic hydroxyl groups excluding tert-OH is 2. The van der Waals surface area contributed by atoms with Crippen LogP contribution in [0.15, 0.2) is 0 Å². The van der Waals surface area contributed by atoms with Gasteiger partial charge < -0.3 is 73.1 Å². The molecule has 0 aromatic heterocycles. The highest BCUT2D eigenvalue weighted by Crippen LogP contribution is 2.22. The number of hydrogen-bond donors (Lipinski definition) is 11. The third kappa shape index (κ3) is 20.8. The van der Waals surface area contributed by atoms with Gasteiger partial charge >= 0.3 is 12.1 Å². The molecule has 0 bridgehead atoms. The van der Waals surface area contributed by atoms with Crippen molar-refractivity contribution < 1.29 is 34.0 Å². The minimum Gasteiger partial charge on any atom is -0.447 e. The Hall–Kier alpha value is -1.86. The van der Waals surface area contributed by atoms with Crippen LogP contribution in [0.1, 0.15) is 51.4 Å². The lowest BCUT2D eigenvalue weighted by Crippen LogP contribution is -2.65. The first-order valence-electron chi connectivity index (χ1n) is 16.7. The number of methoxy groups -OCH3 is 1. The van der Waals surface area contributed by atoms with Crippen molar-refractivity contribution in [2.24, 2.45) is 11.5 Å². The van der Waals surface area contributed by atoms with E-state index in [0.717, 1.165) is 104 Å². The summed E-state index contributed by atoms with van der Waals surface area (Å²) in [6, 6.07) is -1.54. The van der Waals surface area contributed by atoms with Gasteiger partial charge in [0.2, 0.25) is 0 Å². The van der Waals surface area contributed by atoms with Gasteiger partial charge in [0.1, 0.15) is 31.0 Å². The second-order valence-electron chi connectivity index (χ2n) is 11.1. The highest BCUT2D eigenvalue weighted by Gasteiger charge is 2.46. The van der Waals surface area contributed by atoms with Crippen molar-refractivity contribution in [2.75, 3.05) is 92.3 Å². The average molecular weight is 650 g/mol. The number of nitrogens with one attached hydrogen (secondary N) is 7. The topological polar surface area (TPSA) is 239 Å². The van der Waals surface area contributed by atoms with Crippen molar-refractivity contribution in [1.29, 1.82) is 0 Å². The maximum absolute atomic E-state index is 12.4. The van der Waals surface area contributed by atoms with Crippen LogP contribution in [-0.2, 0) is 14.2 Å². The number of aliphatic hydroxyl groups is 2. The second-order valence-corrected chi connectivity index (χ2v) is 11.1. The van der Waals surface area contributed by atoms with E-state index in [1.54, 1.807) is 0 Å². The Labute approximate surface area is 269 Å². The number of carbonyl (C=O) groups excluding carboxylic acids is 2. The molecule has 13 N–H and O–H groups in total. The summed E-state index contributed by atoms with van der Waals surface area (Å²) < 4.78 is 16.2. The quantitative estimate of drug-likeness (QED) is 0.0407. The fourth-order valence-electron chi connectivity index (χ4n) is 4.61. The molecular weight excluding hydrogens is 586 g/mol. The molecular formula is C29H63N9O7. The normalized spacial score (nSPS) is 21.4. The highest BCUT2D eigenvalue weighted by atomic mass is 16.7. The lowest BCUT2D eigenvalue weighted by atomic mass is 9.97. The number of nitrogens with two attached hydrogens (primary N) is 2. The van der Waals surface area contributed by atoms with Crippen LogP contribution in [0.4, 0.5) is 9.59 Å². The molecule has 5 atom stereocenters. The van der Waals surface area contributed by atoms with Gasteiger partial charge in [-0.05, 0) is 117 Å². The van der Waals surface area contributed by atoms with Gasteiger partial charge in [-0.25, -0.2) is 9.59 Å². The number of rotatable bonds is 28. The van der Waals surface area contributed by atoms with Crippen LogP contribution in [0.2, 0.25) is 0 Å². The molecule has 3 amide bonds. The summed E-state index contributed by atoms with van der Waals surface area (Å²) in [5.41, 5.74) is 10.9. The standard InChI is InChI=1S/C29H63N9O7/c1-43-27-24(38-28(41)36-20-8-18-34-14-4-2-12-32-16-6-10-30)26(40)25(39)23(45-27)22-44-29(42)37-21-9-19-35-15-5-3-13-33-17-7-11-31/h23-27,32-35,39-40H,2-22,30-31H2,1H3,(H,37,42)(H2,36,38,41)/t23-,24-,25-,26-,27+/m1/s1. The van der Waals surface area contributed by atoms with Crippen molar-refractivity contribution in [3.05, 3.63) is 0 Å². The van der Waals surface area contributed by atoms with Gasteiger partial charge in [0.25, 0.3) is 0 Å². The first kappa shape index (κ1) is 41.2. The minimum absolute atomic E-state index is 0.293. The third-order valence-corrected chi connectivity index (χ3v) is 7.25. The Morgan fingerprint density at radius 3 is 1.62 bits per heavy atom. The predicted octanol–water partition coefficient (Wildman–Crippen LogP) is -2.13. The second kappa shape index (κ2) is 28.4. The number of amides is 3. The molecule has 1 heterocycles. The predicted molar refractivity (Wildman–Crippen MR) is 174 cm³/mol. The fourth-order valence-corrected chi connectivity index (χ4v) is 4.61. The SMILES string of the molecule is CO[C@H]1O[C@H](COC(=O)NCCCNCCCCNCCCN)[C@@H](O)[C@H](O)[C@H]1NC(=O)NCCCNCCCCNCCCN. The van der Waals surface area contributed by atoms with E-state index in [1.807, 2.05) is 0 Å². The average Bonchev–Trinajstić information content (AvgIpc) is 3.04. The van der Waals surface area contributed by atoms with E-state index in [-0.39, 0.29) is 6.61 Å². The molecule has 0 saturated carbocycles. The monoisotopic (exact) mass is 649 g/mol. The van der Waals surface area contributed by atoms with Crippen LogP contribution in [-0.4, -0.2) is 145 Å². The molecule has 0 aromatic carbocycles. The Morgan fingerprint density at radius 1 is 0.667 bits per heavy atom. The molecule has 266 valence electrons. The molecule has 0 aliphatic carbocycles.